The SMILES string of the molecule is CCCCCCCCCCCCCCCC(=O)NCCCNCC(C)NC(=O)CCCCCCCCCCCCCCC. The largest absolute Gasteiger partial charge is 0.356 e. The van der Waals surface area contributed by atoms with Crippen LogP contribution in [0.15, 0.2) is 0 Å². The third kappa shape index (κ3) is 35.3. The summed E-state index contributed by atoms with van der Waals surface area (Å²) in [5.74, 6) is 0.370. The van der Waals surface area contributed by atoms with Crippen molar-refractivity contribution in [2.75, 3.05) is 19.6 Å². The maximum absolute atomic E-state index is 12.2. The Balaban J connectivity index is 3.36. The fourth-order valence-electron chi connectivity index (χ4n) is 5.85. The number of carbonyl (C=O) groups excluding carboxylic acids is 2. The van der Waals surface area contributed by atoms with E-state index in [0.29, 0.717) is 12.8 Å². The summed E-state index contributed by atoms with van der Waals surface area (Å²) >= 11 is 0. The molecule has 0 saturated heterocycles. The zero-order chi connectivity index (χ0) is 31.5. The fraction of sp³-hybridized carbons (Fsp3) is 0.947. The molecule has 0 aromatic heterocycles. The van der Waals surface area contributed by atoms with Crippen LogP contribution in [0.4, 0.5) is 0 Å². The van der Waals surface area contributed by atoms with Crippen LogP contribution in [-0.2, 0) is 9.59 Å². The molecule has 5 nitrogen and oxygen atoms in total. The van der Waals surface area contributed by atoms with Gasteiger partial charge in [0.05, 0.1) is 0 Å². The van der Waals surface area contributed by atoms with Crippen LogP contribution in [0.2, 0.25) is 0 Å². The van der Waals surface area contributed by atoms with Crippen LogP contribution < -0.4 is 16.0 Å². The summed E-state index contributed by atoms with van der Waals surface area (Å²) in [6, 6.07) is 0.139. The van der Waals surface area contributed by atoms with Gasteiger partial charge in [-0.2, -0.15) is 0 Å². The summed E-state index contributed by atoms with van der Waals surface area (Å²) in [6.45, 7) is 8.98. The summed E-state index contributed by atoms with van der Waals surface area (Å²) in [4.78, 5) is 24.3. The average molecular weight is 608 g/mol. The van der Waals surface area contributed by atoms with E-state index in [1.165, 1.54) is 154 Å². The van der Waals surface area contributed by atoms with Crippen molar-refractivity contribution in [1.82, 2.24) is 16.0 Å². The van der Waals surface area contributed by atoms with Crippen LogP contribution >= 0.6 is 0 Å². The summed E-state index contributed by atoms with van der Waals surface area (Å²) in [6.07, 6.45) is 36.8. The molecule has 0 radical (unpaired) electrons. The van der Waals surface area contributed by atoms with Gasteiger partial charge in [0.1, 0.15) is 0 Å². The minimum Gasteiger partial charge on any atom is -0.356 e. The number of hydrogen-bond acceptors (Lipinski definition) is 3. The minimum atomic E-state index is 0.139. The van der Waals surface area contributed by atoms with E-state index >= 15 is 0 Å². The van der Waals surface area contributed by atoms with E-state index in [1.807, 2.05) is 0 Å². The third-order valence-electron chi connectivity index (χ3n) is 8.73. The number of hydrogen-bond donors (Lipinski definition) is 3. The normalized spacial score (nSPS) is 12.0. The predicted molar refractivity (Wildman–Crippen MR) is 189 cm³/mol. The van der Waals surface area contributed by atoms with E-state index < -0.39 is 0 Å². The van der Waals surface area contributed by atoms with Gasteiger partial charge in [-0.25, -0.2) is 0 Å². The fourth-order valence-corrected chi connectivity index (χ4v) is 5.85. The molecule has 0 aromatic rings. The number of nitrogens with one attached hydrogen (secondary N) is 3. The van der Waals surface area contributed by atoms with Crippen molar-refractivity contribution >= 4 is 11.8 Å². The van der Waals surface area contributed by atoms with E-state index in [2.05, 4.69) is 36.7 Å². The number of rotatable bonds is 35. The summed E-state index contributed by atoms with van der Waals surface area (Å²) < 4.78 is 0. The maximum atomic E-state index is 12.2. The Morgan fingerprint density at radius 2 is 0.791 bits per heavy atom. The zero-order valence-corrected chi connectivity index (χ0v) is 29.5. The van der Waals surface area contributed by atoms with Gasteiger partial charge in [0.15, 0.2) is 0 Å². The van der Waals surface area contributed by atoms with E-state index in [4.69, 9.17) is 0 Å². The molecule has 1 atom stereocenters. The van der Waals surface area contributed by atoms with E-state index in [9.17, 15) is 9.59 Å². The van der Waals surface area contributed by atoms with Gasteiger partial charge in [-0.05, 0) is 32.7 Å². The van der Waals surface area contributed by atoms with Gasteiger partial charge in [0.2, 0.25) is 11.8 Å². The first-order valence-electron chi connectivity index (χ1n) is 19.4. The smallest absolute Gasteiger partial charge is 0.220 e. The second-order valence-corrected chi connectivity index (χ2v) is 13.4. The molecule has 0 aliphatic carbocycles. The van der Waals surface area contributed by atoms with Crippen molar-refractivity contribution in [1.29, 1.82) is 0 Å². The second kappa shape index (κ2) is 35.4. The highest BCUT2D eigenvalue weighted by Gasteiger charge is 2.07. The van der Waals surface area contributed by atoms with Gasteiger partial charge in [-0.3, -0.25) is 9.59 Å². The highest BCUT2D eigenvalue weighted by molar-refractivity contribution is 5.76. The lowest BCUT2D eigenvalue weighted by Crippen LogP contribution is -2.40. The Kier molecular flexibility index (Phi) is 34.5. The van der Waals surface area contributed by atoms with Gasteiger partial charge in [0, 0.05) is 32.0 Å². The Hall–Kier alpha value is -1.10. The Morgan fingerprint density at radius 3 is 1.19 bits per heavy atom. The molecule has 0 rings (SSSR count). The summed E-state index contributed by atoms with van der Waals surface area (Å²) in [5.41, 5.74) is 0. The number of unbranched alkanes of at least 4 members (excludes halogenated alkanes) is 24. The molecule has 0 fully saturated rings. The summed E-state index contributed by atoms with van der Waals surface area (Å²) in [7, 11) is 0. The monoisotopic (exact) mass is 608 g/mol. The van der Waals surface area contributed by atoms with Crippen molar-refractivity contribution in [3.8, 4) is 0 Å². The molecule has 0 bridgehead atoms. The molecule has 0 heterocycles. The quantitative estimate of drug-likeness (QED) is 0.0628. The molecular formula is C38H77N3O2. The second-order valence-electron chi connectivity index (χ2n) is 13.4. The molecule has 5 heteroatoms. The first-order valence-corrected chi connectivity index (χ1v) is 19.4. The maximum Gasteiger partial charge on any atom is 0.220 e. The zero-order valence-electron chi connectivity index (χ0n) is 29.5. The van der Waals surface area contributed by atoms with E-state index in [1.54, 1.807) is 0 Å². The van der Waals surface area contributed by atoms with Gasteiger partial charge in [-0.15, -0.1) is 0 Å². The van der Waals surface area contributed by atoms with Gasteiger partial charge in [-0.1, -0.05) is 168 Å². The van der Waals surface area contributed by atoms with Crippen LogP contribution in [0.3, 0.4) is 0 Å². The van der Waals surface area contributed by atoms with Crippen molar-refractivity contribution in [2.45, 2.75) is 213 Å². The van der Waals surface area contributed by atoms with Gasteiger partial charge >= 0.3 is 0 Å². The predicted octanol–water partition coefficient (Wildman–Crippen LogP) is 10.5. The van der Waals surface area contributed by atoms with E-state index in [-0.39, 0.29) is 17.9 Å². The van der Waals surface area contributed by atoms with Crippen LogP contribution in [0.5, 0.6) is 0 Å². The standard InChI is InChI=1S/C38H77N3O2/c1-4-6-8-10-12-14-16-18-20-22-24-26-28-31-37(42)40-34-30-33-39-35-36(3)41-38(43)32-29-27-25-23-21-19-17-15-13-11-9-7-5-2/h36,39H,4-35H2,1-3H3,(H,40,42)(H,41,43). The highest BCUT2D eigenvalue weighted by atomic mass is 16.2. The van der Waals surface area contributed by atoms with Crippen molar-refractivity contribution < 1.29 is 9.59 Å². The van der Waals surface area contributed by atoms with Crippen molar-refractivity contribution in [3.05, 3.63) is 0 Å². The van der Waals surface area contributed by atoms with Crippen LogP contribution in [0, 0.1) is 0 Å². The lowest BCUT2D eigenvalue weighted by Gasteiger charge is -2.15. The van der Waals surface area contributed by atoms with Crippen molar-refractivity contribution in [3.63, 3.8) is 0 Å². The molecule has 0 saturated carbocycles. The Labute approximate surface area is 269 Å². The highest BCUT2D eigenvalue weighted by Crippen LogP contribution is 2.14. The topological polar surface area (TPSA) is 70.2 Å². The number of amides is 2. The number of carbonyl (C=O) groups is 2. The lowest BCUT2D eigenvalue weighted by molar-refractivity contribution is -0.122. The van der Waals surface area contributed by atoms with Crippen LogP contribution in [0.1, 0.15) is 207 Å². The third-order valence-corrected chi connectivity index (χ3v) is 8.73. The Bertz CT molecular complexity index is 584. The molecule has 2 amide bonds. The molecular weight excluding hydrogens is 530 g/mol. The summed E-state index contributed by atoms with van der Waals surface area (Å²) in [5, 5.41) is 9.59. The molecule has 0 aliphatic heterocycles. The molecule has 1 unspecified atom stereocenters. The Morgan fingerprint density at radius 1 is 0.442 bits per heavy atom. The molecule has 0 aliphatic rings. The molecule has 3 N–H and O–H groups in total. The first kappa shape index (κ1) is 41.9. The average Bonchev–Trinajstić information content (AvgIpc) is 2.99. The molecule has 43 heavy (non-hydrogen) atoms. The van der Waals surface area contributed by atoms with Gasteiger partial charge in [0.25, 0.3) is 0 Å². The van der Waals surface area contributed by atoms with Crippen LogP contribution in [0.25, 0.3) is 0 Å². The molecule has 256 valence electrons. The molecule has 0 spiro atoms. The lowest BCUT2D eigenvalue weighted by atomic mass is 10.0. The molecule has 0 aromatic carbocycles. The van der Waals surface area contributed by atoms with Gasteiger partial charge < -0.3 is 16.0 Å². The van der Waals surface area contributed by atoms with E-state index in [0.717, 1.165) is 38.9 Å². The van der Waals surface area contributed by atoms with Crippen LogP contribution in [-0.4, -0.2) is 37.5 Å². The minimum absolute atomic E-state index is 0.139. The van der Waals surface area contributed by atoms with Crippen molar-refractivity contribution in [2.24, 2.45) is 0 Å². The first-order chi connectivity index (χ1) is 21.1.